The smallest absolute Gasteiger partial charge is 0.176 e. The fourth-order valence-electron chi connectivity index (χ4n) is 0.999. The van der Waals surface area contributed by atoms with E-state index in [0.717, 1.165) is 5.56 Å². The second-order valence-electron chi connectivity index (χ2n) is 2.67. The van der Waals surface area contributed by atoms with Crippen molar-refractivity contribution in [3.05, 3.63) is 33.5 Å². The molecule has 0 fully saturated rings. The van der Waals surface area contributed by atoms with Gasteiger partial charge in [0.25, 0.3) is 0 Å². The molecular weight excluding hydrogens is 303 g/mol. The van der Waals surface area contributed by atoms with Crippen LogP contribution in [0.4, 0.5) is 4.39 Å². The first-order chi connectivity index (χ1) is 6.06. The molecule has 0 aliphatic carbocycles. The Labute approximate surface area is 92.6 Å². The Kier molecular flexibility index (Phi) is 3.62. The second-order valence-corrected chi connectivity index (χ2v) is 4.08. The summed E-state index contributed by atoms with van der Waals surface area (Å²) in [6, 6.07) is 3.18. The Morgan fingerprint density at radius 2 is 2.15 bits per heavy atom. The zero-order valence-corrected chi connectivity index (χ0v) is 10.1. The standard InChI is InChI=1S/C9H7Br2FO/c1-5-2-6(8(13)4-10)9(12)7(11)3-5/h2-3H,4H2,1H3. The van der Waals surface area contributed by atoms with Gasteiger partial charge in [0, 0.05) is 0 Å². The van der Waals surface area contributed by atoms with Crippen LogP contribution in [0.15, 0.2) is 16.6 Å². The third-order valence-electron chi connectivity index (χ3n) is 1.59. The van der Waals surface area contributed by atoms with Gasteiger partial charge in [0.15, 0.2) is 5.78 Å². The normalized spacial score (nSPS) is 10.2. The Morgan fingerprint density at radius 1 is 1.54 bits per heavy atom. The van der Waals surface area contributed by atoms with E-state index >= 15 is 0 Å². The van der Waals surface area contributed by atoms with Gasteiger partial charge in [0.1, 0.15) is 5.82 Å². The molecule has 1 aromatic carbocycles. The lowest BCUT2D eigenvalue weighted by Crippen LogP contribution is -2.04. The van der Waals surface area contributed by atoms with E-state index < -0.39 is 5.82 Å². The van der Waals surface area contributed by atoms with Crippen LogP contribution in [0.1, 0.15) is 15.9 Å². The summed E-state index contributed by atoms with van der Waals surface area (Å²) in [6.07, 6.45) is 0. The predicted octanol–water partition coefficient (Wildman–Crippen LogP) is 3.47. The van der Waals surface area contributed by atoms with E-state index in [4.69, 9.17) is 0 Å². The summed E-state index contributed by atoms with van der Waals surface area (Å²) in [4.78, 5) is 11.2. The van der Waals surface area contributed by atoms with Gasteiger partial charge in [-0.15, -0.1) is 0 Å². The number of ketones is 1. The molecule has 0 saturated carbocycles. The molecule has 4 heteroatoms. The molecule has 0 radical (unpaired) electrons. The van der Waals surface area contributed by atoms with E-state index in [9.17, 15) is 9.18 Å². The fourth-order valence-corrected chi connectivity index (χ4v) is 1.88. The van der Waals surface area contributed by atoms with Crippen molar-refractivity contribution in [2.45, 2.75) is 6.92 Å². The summed E-state index contributed by atoms with van der Waals surface area (Å²) in [5.41, 5.74) is 0.987. The van der Waals surface area contributed by atoms with Gasteiger partial charge in [-0.1, -0.05) is 15.9 Å². The van der Waals surface area contributed by atoms with Crippen LogP contribution >= 0.6 is 31.9 Å². The van der Waals surface area contributed by atoms with Gasteiger partial charge in [-0.25, -0.2) is 4.39 Å². The van der Waals surface area contributed by atoms with E-state index in [1.165, 1.54) is 0 Å². The van der Waals surface area contributed by atoms with Crippen molar-refractivity contribution in [2.75, 3.05) is 5.33 Å². The summed E-state index contributed by atoms with van der Waals surface area (Å²) in [7, 11) is 0. The minimum Gasteiger partial charge on any atom is -0.293 e. The summed E-state index contributed by atoms with van der Waals surface area (Å²) in [5, 5.41) is 0.139. The monoisotopic (exact) mass is 308 g/mol. The number of carbonyl (C=O) groups is 1. The SMILES string of the molecule is Cc1cc(Br)c(F)c(C(=O)CBr)c1. The Balaban J connectivity index is 3.28. The van der Waals surface area contributed by atoms with Gasteiger partial charge >= 0.3 is 0 Å². The molecule has 1 aromatic rings. The largest absolute Gasteiger partial charge is 0.293 e. The van der Waals surface area contributed by atoms with Crippen LogP contribution < -0.4 is 0 Å². The number of Topliss-reactive ketones (excluding diaryl/α,β-unsaturated/α-hetero) is 1. The van der Waals surface area contributed by atoms with Crippen LogP contribution in [0, 0.1) is 12.7 Å². The molecule has 0 saturated heterocycles. The highest BCUT2D eigenvalue weighted by molar-refractivity contribution is 9.10. The van der Waals surface area contributed by atoms with Gasteiger partial charge in [0.2, 0.25) is 0 Å². The average Bonchev–Trinajstić information content (AvgIpc) is 2.10. The first-order valence-electron chi connectivity index (χ1n) is 3.61. The fraction of sp³-hybridized carbons (Fsp3) is 0.222. The van der Waals surface area contributed by atoms with Crippen molar-refractivity contribution in [2.24, 2.45) is 0 Å². The third-order valence-corrected chi connectivity index (χ3v) is 2.68. The highest BCUT2D eigenvalue weighted by atomic mass is 79.9. The first-order valence-corrected chi connectivity index (χ1v) is 5.52. The van der Waals surface area contributed by atoms with Crippen LogP contribution in [0.5, 0.6) is 0 Å². The molecule has 0 unspecified atom stereocenters. The van der Waals surface area contributed by atoms with E-state index in [1.54, 1.807) is 12.1 Å². The second kappa shape index (κ2) is 4.33. The average molecular weight is 310 g/mol. The molecule has 0 heterocycles. The first kappa shape index (κ1) is 10.9. The van der Waals surface area contributed by atoms with E-state index in [2.05, 4.69) is 31.9 Å². The number of rotatable bonds is 2. The maximum atomic E-state index is 13.3. The summed E-state index contributed by atoms with van der Waals surface area (Å²) in [6.45, 7) is 1.81. The number of halogens is 3. The van der Waals surface area contributed by atoms with Gasteiger partial charge in [-0.3, -0.25) is 4.79 Å². The van der Waals surface area contributed by atoms with Crippen molar-refractivity contribution >= 4 is 37.6 Å². The molecule has 0 spiro atoms. The molecule has 1 rings (SSSR count). The molecule has 0 aromatic heterocycles. The molecule has 70 valence electrons. The van der Waals surface area contributed by atoms with Crippen molar-refractivity contribution in [1.29, 1.82) is 0 Å². The van der Waals surface area contributed by atoms with Gasteiger partial charge in [0.05, 0.1) is 15.4 Å². The van der Waals surface area contributed by atoms with Crippen molar-refractivity contribution in [1.82, 2.24) is 0 Å². The van der Waals surface area contributed by atoms with Gasteiger partial charge in [-0.05, 0) is 40.5 Å². The maximum absolute atomic E-state index is 13.3. The lowest BCUT2D eigenvalue weighted by Gasteiger charge is -2.03. The zero-order chi connectivity index (χ0) is 10.0. The molecule has 0 atom stereocenters. The van der Waals surface area contributed by atoms with Crippen molar-refractivity contribution < 1.29 is 9.18 Å². The summed E-state index contributed by atoms with van der Waals surface area (Å²) in [5.74, 6) is -0.739. The number of hydrogen-bond donors (Lipinski definition) is 0. The molecule has 0 N–H and O–H groups in total. The number of hydrogen-bond acceptors (Lipinski definition) is 1. The van der Waals surface area contributed by atoms with Gasteiger partial charge in [-0.2, -0.15) is 0 Å². The summed E-state index contributed by atoms with van der Waals surface area (Å²) < 4.78 is 13.7. The Hall–Kier alpha value is -0.220. The molecule has 0 aliphatic heterocycles. The number of aryl methyl sites for hydroxylation is 1. The third kappa shape index (κ3) is 2.38. The zero-order valence-electron chi connectivity index (χ0n) is 6.90. The van der Waals surface area contributed by atoms with E-state index in [1.807, 2.05) is 6.92 Å². The molecule has 0 amide bonds. The molecular formula is C9H7Br2FO. The van der Waals surface area contributed by atoms with Crippen LogP contribution in [0.3, 0.4) is 0 Å². The molecule has 13 heavy (non-hydrogen) atoms. The predicted molar refractivity (Wildman–Crippen MR) is 57.0 cm³/mol. The lowest BCUT2D eigenvalue weighted by atomic mass is 10.1. The van der Waals surface area contributed by atoms with Crippen LogP contribution in [-0.2, 0) is 0 Å². The van der Waals surface area contributed by atoms with Crippen molar-refractivity contribution in [3.8, 4) is 0 Å². The van der Waals surface area contributed by atoms with Crippen LogP contribution in [-0.4, -0.2) is 11.1 Å². The lowest BCUT2D eigenvalue weighted by molar-refractivity contribution is 0.102. The number of benzene rings is 1. The van der Waals surface area contributed by atoms with Crippen LogP contribution in [0.25, 0.3) is 0 Å². The topological polar surface area (TPSA) is 17.1 Å². The quantitative estimate of drug-likeness (QED) is 0.604. The van der Waals surface area contributed by atoms with Crippen LogP contribution in [0.2, 0.25) is 0 Å². The Morgan fingerprint density at radius 3 is 2.69 bits per heavy atom. The highest BCUT2D eigenvalue weighted by Gasteiger charge is 2.13. The van der Waals surface area contributed by atoms with E-state index in [-0.39, 0.29) is 16.7 Å². The molecule has 0 aliphatic rings. The summed E-state index contributed by atoms with van der Waals surface area (Å²) >= 11 is 6.06. The minimum absolute atomic E-state index is 0.128. The Bertz CT molecular complexity index is 350. The number of alkyl halides is 1. The molecule has 1 nitrogen and oxygen atoms in total. The van der Waals surface area contributed by atoms with E-state index in [0.29, 0.717) is 4.47 Å². The van der Waals surface area contributed by atoms with Crippen molar-refractivity contribution in [3.63, 3.8) is 0 Å². The maximum Gasteiger partial charge on any atom is 0.176 e. The van der Waals surface area contributed by atoms with Gasteiger partial charge < -0.3 is 0 Å². The molecule has 0 bridgehead atoms. The number of carbonyl (C=O) groups excluding carboxylic acids is 1. The highest BCUT2D eigenvalue weighted by Crippen LogP contribution is 2.21. The minimum atomic E-state index is -0.491.